The van der Waals surface area contributed by atoms with Gasteiger partial charge in [0, 0.05) is 25.2 Å². The Balaban J connectivity index is 1.83. The Morgan fingerprint density at radius 3 is 2.54 bits per heavy atom. The van der Waals surface area contributed by atoms with E-state index < -0.39 is 10.0 Å². The molecule has 1 heterocycles. The third kappa shape index (κ3) is 3.46. The van der Waals surface area contributed by atoms with Gasteiger partial charge in [0.25, 0.3) is 5.91 Å². The molecule has 1 amide bonds. The van der Waals surface area contributed by atoms with E-state index in [0.29, 0.717) is 24.2 Å². The molecule has 0 spiro atoms. The summed E-state index contributed by atoms with van der Waals surface area (Å²) in [6.07, 6.45) is 0.623. The summed E-state index contributed by atoms with van der Waals surface area (Å²) in [6, 6.07) is 15.0. The van der Waals surface area contributed by atoms with Crippen LogP contribution >= 0.6 is 0 Å². The normalized spacial score (nSPS) is 16.4. The van der Waals surface area contributed by atoms with E-state index in [1.54, 1.807) is 31.0 Å². The number of fused-ring (bicyclic) bond motifs is 1. The van der Waals surface area contributed by atoms with E-state index in [2.05, 4.69) is 0 Å². The number of carbonyl (C=O) groups excluding carboxylic acids is 1. The van der Waals surface area contributed by atoms with Crippen LogP contribution in [0.4, 0.5) is 5.69 Å². The van der Waals surface area contributed by atoms with Crippen LogP contribution in [0.5, 0.6) is 0 Å². The first kappa shape index (κ1) is 18.5. The molecule has 1 aliphatic heterocycles. The van der Waals surface area contributed by atoms with Crippen LogP contribution in [0.2, 0.25) is 0 Å². The zero-order chi connectivity index (χ0) is 18.9. The second kappa shape index (κ2) is 7.11. The molecule has 2 aromatic rings. The number of hydrogen-bond donors (Lipinski definition) is 0. The van der Waals surface area contributed by atoms with Crippen molar-refractivity contribution in [1.29, 1.82) is 0 Å². The fraction of sp³-hybridized carbons (Fsp3) is 0.350. The second-order valence-electron chi connectivity index (χ2n) is 6.74. The molecule has 0 unspecified atom stereocenters. The molecule has 0 N–H and O–H groups in total. The fourth-order valence-electron chi connectivity index (χ4n) is 3.45. The van der Waals surface area contributed by atoms with Gasteiger partial charge in [-0.05, 0) is 49.6 Å². The molecular weight excluding hydrogens is 348 g/mol. The topological polar surface area (TPSA) is 57.7 Å². The first-order valence-corrected chi connectivity index (χ1v) is 10.4. The van der Waals surface area contributed by atoms with Gasteiger partial charge in [-0.25, -0.2) is 8.42 Å². The van der Waals surface area contributed by atoms with Gasteiger partial charge in [-0.1, -0.05) is 30.3 Å². The lowest BCUT2D eigenvalue weighted by molar-refractivity contribution is 0.0785. The van der Waals surface area contributed by atoms with Gasteiger partial charge in [0.2, 0.25) is 10.0 Å². The van der Waals surface area contributed by atoms with Crippen LogP contribution in [0.15, 0.2) is 48.5 Å². The van der Waals surface area contributed by atoms with Gasteiger partial charge in [-0.3, -0.25) is 9.10 Å². The van der Waals surface area contributed by atoms with Crippen LogP contribution < -0.4 is 4.31 Å². The molecule has 1 atom stereocenters. The van der Waals surface area contributed by atoms with Gasteiger partial charge >= 0.3 is 0 Å². The Morgan fingerprint density at radius 2 is 1.88 bits per heavy atom. The summed E-state index contributed by atoms with van der Waals surface area (Å²) in [6.45, 7) is 4.08. The number of hydrogen-bond acceptors (Lipinski definition) is 3. The highest BCUT2D eigenvalue weighted by Gasteiger charge is 2.34. The van der Waals surface area contributed by atoms with Crippen molar-refractivity contribution in [3.8, 4) is 0 Å². The molecule has 0 saturated heterocycles. The number of benzene rings is 2. The van der Waals surface area contributed by atoms with E-state index in [1.165, 1.54) is 4.31 Å². The molecule has 6 heteroatoms. The Labute approximate surface area is 155 Å². The quantitative estimate of drug-likeness (QED) is 0.810. The smallest absolute Gasteiger partial charge is 0.253 e. The highest BCUT2D eigenvalue weighted by Crippen LogP contribution is 2.35. The number of rotatable bonds is 5. The Hall–Kier alpha value is -2.34. The lowest BCUT2D eigenvalue weighted by atomic mass is 10.1. The molecule has 138 valence electrons. The maximum absolute atomic E-state index is 12.8. The largest absolute Gasteiger partial charge is 0.337 e. The van der Waals surface area contributed by atoms with E-state index in [1.807, 2.05) is 43.3 Å². The third-order valence-corrected chi connectivity index (χ3v) is 6.64. The molecule has 0 bridgehead atoms. The average Bonchev–Trinajstić information content (AvgIpc) is 2.97. The minimum Gasteiger partial charge on any atom is -0.337 e. The van der Waals surface area contributed by atoms with Crippen LogP contribution in [-0.2, 0) is 23.0 Å². The molecule has 0 fully saturated rings. The molecule has 2 aromatic carbocycles. The Morgan fingerprint density at radius 1 is 1.19 bits per heavy atom. The number of sulfonamides is 1. The zero-order valence-electron chi connectivity index (χ0n) is 15.3. The first-order chi connectivity index (χ1) is 12.3. The predicted molar refractivity (Wildman–Crippen MR) is 104 cm³/mol. The number of nitrogens with zero attached hydrogens (tertiary/aromatic N) is 2. The molecular formula is C20H24N2O3S. The van der Waals surface area contributed by atoms with E-state index in [0.717, 1.165) is 11.1 Å². The van der Waals surface area contributed by atoms with Gasteiger partial charge in [-0.2, -0.15) is 0 Å². The van der Waals surface area contributed by atoms with Gasteiger partial charge in [0.05, 0.1) is 11.4 Å². The maximum atomic E-state index is 12.8. The van der Waals surface area contributed by atoms with E-state index in [9.17, 15) is 13.2 Å². The summed E-state index contributed by atoms with van der Waals surface area (Å²) in [5.41, 5.74) is 3.26. The van der Waals surface area contributed by atoms with Gasteiger partial charge in [0.15, 0.2) is 0 Å². The van der Waals surface area contributed by atoms with Gasteiger partial charge in [0.1, 0.15) is 0 Å². The molecule has 26 heavy (non-hydrogen) atoms. The van der Waals surface area contributed by atoms with Crippen LogP contribution in [-0.4, -0.2) is 38.1 Å². The fourth-order valence-corrected chi connectivity index (χ4v) is 4.83. The van der Waals surface area contributed by atoms with Gasteiger partial charge < -0.3 is 4.90 Å². The number of carbonyl (C=O) groups is 1. The number of anilines is 1. The lowest BCUT2D eigenvalue weighted by Gasteiger charge is -2.23. The summed E-state index contributed by atoms with van der Waals surface area (Å²) in [7, 11) is -1.54. The minimum atomic E-state index is -3.31. The number of amides is 1. The monoisotopic (exact) mass is 372 g/mol. The minimum absolute atomic E-state index is 0.0667. The zero-order valence-corrected chi connectivity index (χ0v) is 16.2. The van der Waals surface area contributed by atoms with Crippen molar-refractivity contribution in [2.75, 3.05) is 17.1 Å². The van der Waals surface area contributed by atoms with Crippen molar-refractivity contribution in [2.45, 2.75) is 32.9 Å². The van der Waals surface area contributed by atoms with E-state index in [-0.39, 0.29) is 17.7 Å². The summed E-state index contributed by atoms with van der Waals surface area (Å²) >= 11 is 0. The molecule has 5 nitrogen and oxygen atoms in total. The van der Waals surface area contributed by atoms with Gasteiger partial charge in [-0.15, -0.1) is 0 Å². The van der Waals surface area contributed by atoms with E-state index >= 15 is 0 Å². The van der Waals surface area contributed by atoms with Crippen molar-refractivity contribution < 1.29 is 13.2 Å². The Bertz CT molecular complexity index is 910. The summed E-state index contributed by atoms with van der Waals surface area (Å²) in [4.78, 5) is 14.4. The van der Waals surface area contributed by atoms with Crippen molar-refractivity contribution in [3.05, 3.63) is 65.2 Å². The van der Waals surface area contributed by atoms with Crippen molar-refractivity contribution in [1.82, 2.24) is 4.90 Å². The van der Waals surface area contributed by atoms with Crippen LogP contribution in [0.3, 0.4) is 0 Å². The summed E-state index contributed by atoms with van der Waals surface area (Å²) in [5, 5.41) is 0. The van der Waals surface area contributed by atoms with E-state index in [4.69, 9.17) is 0 Å². The SMILES string of the molecule is CCS(=O)(=O)N1c2ccc(C(=O)N(C)Cc3ccccc3)cc2C[C@H]1C. The van der Waals surface area contributed by atoms with Crippen molar-refractivity contribution >= 4 is 21.6 Å². The molecule has 3 rings (SSSR count). The molecule has 0 aliphatic carbocycles. The summed E-state index contributed by atoms with van der Waals surface area (Å²) < 4.78 is 26.2. The van der Waals surface area contributed by atoms with Crippen LogP contribution in [0.1, 0.15) is 35.3 Å². The standard InChI is InChI=1S/C20H24N2O3S/c1-4-26(24,25)22-15(2)12-18-13-17(10-11-19(18)22)20(23)21(3)14-16-8-6-5-7-9-16/h5-11,13,15H,4,12,14H2,1-3H3/t15-/m1/s1. The van der Waals surface area contributed by atoms with Crippen LogP contribution in [0.25, 0.3) is 0 Å². The highest BCUT2D eigenvalue weighted by atomic mass is 32.2. The average molecular weight is 372 g/mol. The molecule has 0 radical (unpaired) electrons. The second-order valence-corrected chi connectivity index (χ2v) is 8.87. The first-order valence-electron chi connectivity index (χ1n) is 8.78. The Kier molecular flexibility index (Phi) is 5.05. The predicted octanol–water partition coefficient (Wildman–Crippen LogP) is 3.06. The van der Waals surface area contributed by atoms with Crippen molar-refractivity contribution in [3.63, 3.8) is 0 Å². The molecule has 0 aromatic heterocycles. The van der Waals surface area contributed by atoms with Crippen molar-refractivity contribution in [2.24, 2.45) is 0 Å². The maximum Gasteiger partial charge on any atom is 0.253 e. The third-order valence-electron chi connectivity index (χ3n) is 4.75. The lowest BCUT2D eigenvalue weighted by Crippen LogP contribution is -2.36. The van der Waals surface area contributed by atoms with Crippen LogP contribution in [0, 0.1) is 0 Å². The molecule has 0 saturated carbocycles. The summed E-state index contributed by atoms with van der Waals surface area (Å²) in [5.74, 6) is -0.00168. The molecule has 1 aliphatic rings. The highest BCUT2D eigenvalue weighted by molar-refractivity contribution is 7.92.